The van der Waals surface area contributed by atoms with Gasteiger partial charge in [0.15, 0.2) is 5.78 Å². The average molecular weight is 439 g/mol. The van der Waals surface area contributed by atoms with E-state index < -0.39 is 11.0 Å². The highest BCUT2D eigenvalue weighted by atomic mass is 16.5. The van der Waals surface area contributed by atoms with Gasteiger partial charge in [-0.2, -0.15) is 0 Å². The van der Waals surface area contributed by atoms with E-state index in [0.717, 1.165) is 40.1 Å². The van der Waals surface area contributed by atoms with Crippen LogP contribution in [0.25, 0.3) is 0 Å². The number of ketones is 1. The minimum absolute atomic E-state index is 0.0707. The van der Waals surface area contributed by atoms with Gasteiger partial charge in [0.2, 0.25) is 0 Å². The van der Waals surface area contributed by atoms with Gasteiger partial charge in [0, 0.05) is 29.3 Å². The van der Waals surface area contributed by atoms with E-state index in [0.29, 0.717) is 13.0 Å². The number of carbonyl (C=O) groups is 2. The van der Waals surface area contributed by atoms with E-state index >= 15 is 0 Å². The van der Waals surface area contributed by atoms with Crippen LogP contribution in [-0.4, -0.2) is 37.3 Å². The second-order valence-electron chi connectivity index (χ2n) is 9.37. The number of hydrogen-bond donors (Lipinski definition) is 1. The number of aryl methyl sites for hydroxylation is 1. The van der Waals surface area contributed by atoms with Crippen LogP contribution in [0.3, 0.4) is 0 Å². The standard InChI is InChI=1S/C28H26N2O3/c1-30-17-23(19-11-13-20(33-2)14-12-19)27(16-15-18-7-3-4-8-21(18)25(27)31)28(30)22-9-5-6-10-24(22)29-26(28)32/h3-14,23H,15-17H2,1-2H3,(H,29,32)/t23-,27+,28+/m0/s1. The SMILES string of the molecule is COc1ccc([C@@H]2CN(C)[C@]3(C(=O)Nc4ccccc43)[C@]23CCc2ccccc2C3=O)cc1. The first-order chi connectivity index (χ1) is 16.0. The molecule has 1 amide bonds. The Morgan fingerprint density at radius 1 is 0.970 bits per heavy atom. The third kappa shape index (κ3) is 2.40. The molecule has 166 valence electrons. The lowest BCUT2D eigenvalue weighted by Gasteiger charge is -2.48. The first-order valence-electron chi connectivity index (χ1n) is 11.4. The van der Waals surface area contributed by atoms with Crippen LogP contribution in [0, 0.1) is 5.41 Å². The molecular formula is C28H26N2O3. The molecule has 3 aromatic rings. The van der Waals surface area contributed by atoms with Crippen LogP contribution in [0.4, 0.5) is 5.69 Å². The molecule has 3 atom stereocenters. The van der Waals surface area contributed by atoms with Gasteiger partial charge < -0.3 is 10.1 Å². The lowest BCUT2D eigenvalue weighted by Crippen LogP contribution is -2.60. The molecule has 5 heteroatoms. The summed E-state index contributed by atoms with van der Waals surface area (Å²) >= 11 is 0. The Morgan fingerprint density at radius 2 is 1.70 bits per heavy atom. The molecule has 2 spiro atoms. The number of methoxy groups -OCH3 is 1. The zero-order valence-corrected chi connectivity index (χ0v) is 18.8. The zero-order chi connectivity index (χ0) is 22.8. The van der Waals surface area contributed by atoms with E-state index in [4.69, 9.17) is 4.74 Å². The number of carbonyl (C=O) groups excluding carboxylic acids is 2. The number of likely N-dealkylation sites (tertiary alicyclic amines) is 1. The molecule has 33 heavy (non-hydrogen) atoms. The number of amides is 1. The molecule has 3 aliphatic rings. The molecule has 0 unspecified atom stereocenters. The van der Waals surface area contributed by atoms with Crippen molar-refractivity contribution in [1.29, 1.82) is 0 Å². The van der Waals surface area contributed by atoms with Crippen molar-refractivity contribution >= 4 is 17.4 Å². The van der Waals surface area contributed by atoms with E-state index in [-0.39, 0.29) is 17.6 Å². The molecule has 3 aromatic carbocycles. The Bertz CT molecular complexity index is 1280. The maximum atomic E-state index is 14.6. The molecule has 2 aliphatic heterocycles. The third-order valence-electron chi connectivity index (χ3n) is 8.14. The summed E-state index contributed by atoms with van der Waals surface area (Å²) in [6.07, 6.45) is 1.38. The monoisotopic (exact) mass is 438 g/mol. The largest absolute Gasteiger partial charge is 0.497 e. The molecular weight excluding hydrogens is 412 g/mol. The number of anilines is 1. The summed E-state index contributed by atoms with van der Waals surface area (Å²) in [4.78, 5) is 30.6. The molecule has 0 saturated carbocycles. The van der Waals surface area contributed by atoms with Crippen molar-refractivity contribution in [3.8, 4) is 5.75 Å². The molecule has 1 N–H and O–H groups in total. The van der Waals surface area contributed by atoms with Gasteiger partial charge in [-0.1, -0.05) is 54.6 Å². The molecule has 0 bridgehead atoms. The highest BCUT2D eigenvalue weighted by Gasteiger charge is 2.73. The van der Waals surface area contributed by atoms with Crippen LogP contribution in [0.2, 0.25) is 0 Å². The van der Waals surface area contributed by atoms with Crippen LogP contribution in [0.15, 0.2) is 72.8 Å². The van der Waals surface area contributed by atoms with Crippen molar-refractivity contribution in [3.63, 3.8) is 0 Å². The Labute approximate surface area is 193 Å². The maximum absolute atomic E-state index is 14.6. The van der Waals surface area contributed by atoms with E-state index in [1.54, 1.807) is 7.11 Å². The number of nitrogens with one attached hydrogen (secondary N) is 1. The second-order valence-corrected chi connectivity index (χ2v) is 9.37. The summed E-state index contributed by atoms with van der Waals surface area (Å²) in [6, 6.07) is 23.7. The Balaban J connectivity index is 1.64. The Hall–Kier alpha value is -3.44. The summed E-state index contributed by atoms with van der Waals surface area (Å²) in [7, 11) is 3.64. The average Bonchev–Trinajstić information content (AvgIpc) is 3.30. The van der Waals surface area contributed by atoms with E-state index in [1.807, 2.05) is 79.8 Å². The molecule has 1 aliphatic carbocycles. The number of para-hydroxylation sites is 1. The van der Waals surface area contributed by atoms with Crippen molar-refractivity contribution in [2.24, 2.45) is 5.41 Å². The van der Waals surface area contributed by atoms with Crippen LogP contribution in [0.5, 0.6) is 5.75 Å². The van der Waals surface area contributed by atoms with Crippen molar-refractivity contribution in [3.05, 3.63) is 95.1 Å². The van der Waals surface area contributed by atoms with Crippen molar-refractivity contribution in [1.82, 2.24) is 4.90 Å². The van der Waals surface area contributed by atoms with Crippen molar-refractivity contribution < 1.29 is 14.3 Å². The maximum Gasteiger partial charge on any atom is 0.250 e. The highest BCUT2D eigenvalue weighted by molar-refractivity contribution is 6.15. The smallest absolute Gasteiger partial charge is 0.250 e. The van der Waals surface area contributed by atoms with Crippen molar-refractivity contribution in [2.45, 2.75) is 24.3 Å². The summed E-state index contributed by atoms with van der Waals surface area (Å²) in [5.41, 5.74) is 2.61. The van der Waals surface area contributed by atoms with Crippen molar-refractivity contribution in [2.75, 3.05) is 26.0 Å². The normalized spacial score (nSPS) is 28.1. The van der Waals surface area contributed by atoms with Crippen LogP contribution >= 0.6 is 0 Å². The van der Waals surface area contributed by atoms with Gasteiger partial charge in [0.1, 0.15) is 11.3 Å². The fraction of sp³-hybridized carbons (Fsp3) is 0.286. The van der Waals surface area contributed by atoms with Crippen LogP contribution < -0.4 is 10.1 Å². The topological polar surface area (TPSA) is 58.6 Å². The molecule has 0 aromatic heterocycles. The first-order valence-corrected chi connectivity index (χ1v) is 11.4. The third-order valence-corrected chi connectivity index (χ3v) is 8.14. The number of benzene rings is 3. The van der Waals surface area contributed by atoms with Gasteiger partial charge in [-0.15, -0.1) is 0 Å². The second kappa shape index (κ2) is 7.03. The molecule has 5 nitrogen and oxygen atoms in total. The lowest BCUT2D eigenvalue weighted by molar-refractivity contribution is -0.130. The van der Waals surface area contributed by atoms with Gasteiger partial charge >= 0.3 is 0 Å². The zero-order valence-electron chi connectivity index (χ0n) is 18.8. The number of rotatable bonds is 2. The first kappa shape index (κ1) is 20.2. The van der Waals surface area contributed by atoms with Gasteiger partial charge in [-0.3, -0.25) is 14.5 Å². The Kier molecular flexibility index (Phi) is 4.30. The summed E-state index contributed by atoms with van der Waals surface area (Å²) in [5, 5.41) is 3.11. The van der Waals surface area contributed by atoms with Gasteiger partial charge in [0.25, 0.3) is 5.91 Å². The van der Waals surface area contributed by atoms with E-state index in [2.05, 4.69) is 10.2 Å². The quantitative estimate of drug-likeness (QED) is 0.645. The van der Waals surface area contributed by atoms with Gasteiger partial charge in [-0.05, 0) is 49.2 Å². The van der Waals surface area contributed by atoms with Gasteiger partial charge in [-0.25, -0.2) is 0 Å². The molecule has 1 fully saturated rings. The molecule has 1 saturated heterocycles. The van der Waals surface area contributed by atoms with E-state index in [9.17, 15) is 9.59 Å². The number of ether oxygens (including phenoxy) is 1. The lowest BCUT2D eigenvalue weighted by atomic mass is 9.53. The molecule has 0 radical (unpaired) electrons. The minimum Gasteiger partial charge on any atom is -0.497 e. The molecule has 6 rings (SSSR count). The predicted octanol–water partition coefficient (Wildman–Crippen LogP) is 4.39. The van der Waals surface area contributed by atoms with Crippen LogP contribution in [-0.2, 0) is 16.8 Å². The minimum atomic E-state index is -1.06. The number of nitrogens with zero attached hydrogens (tertiary/aromatic N) is 1. The summed E-state index contributed by atoms with van der Waals surface area (Å²) in [6.45, 7) is 0.613. The summed E-state index contributed by atoms with van der Waals surface area (Å²) < 4.78 is 5.37. The fourth-order valence-corrected chi connectivity index (χ4v) is 6.77. The van der Waals surface area contributed by atoms with Crippen LogP contribution in [0.1, 0.15) is 39.4 Å². The predicted molar refractivity (Wildman–Crippen MR) is 127 cm³/mol. The summed E-state index contributed by atoms with van der Waals surface area (Å²) in [5.74, 6) is 0.612. The Morgan fingerprint density at radius 3 is 2.48 bits per heavy atom. The molecule has 2 heterocycles. The number of fused-ring (bicyclic) bond motifs is 4. The van der Waals surface area contributed by atoms with E-state index in [1.165, 1.54) is 0 Å². The van der Waals surface area contributed by atoms with Gasteiger partial charge in [0.05, 0.1) is 12.5 Å². The highest BCUT2D eigenvalue weighted by Crippen LogP contribution is 2.66. The number of hydrogen-bond acceptors (Lipinski definition) is 4. The number of Topliss-reactive ketones (excluding diaryl/α,β-unsaturated/α-hetero) is 1. The fourth-order valence-electron chi connectivity index (χ4n) is 6.77. The number of likely N-dealkylation sites (N-methyl/N-ethyl adjacent to an activating group) is 1.